The Morgan fingerprint density at radius 1 is 1.00 bits per heavy atom. The van der Waals surface area contributed by atoms with Crippen LogP contribution in [0.1, 0.15) is 54.3 Å². The molecule has 0 saturated carbocycles. The number of hydrogen-bond donors (Lipinski definition) is 2. The second-order valence-electron chi connectivity index (χ2n) is 9.89. The lowest BCUT2D eigenvalue weighted by Gasteiger charge is -2.38. The predicted molar refractivity (Wildman–Crippen MR) is 133 cm³/mol. The minimum Gasteiger partial charge on any atom is -0.478 e. The van der Waals surface area contributed by atoms with E-state index in [1.807, 2.05) is 0 Å². The molecule has 2 aromatic carbocycles. The number of hydrogen-bond acceptors (Lipinski definition) is 4. The fourth-order valence-corrected chi connectivity index (χ4v) is 5.25. The van der Waals surface area contributed by atoms with Crippen LogP contribution >= 0.6 is 0 Å². The molecular weight excluding hydrogens is 444 g/mol. The summed E-state index contributed by atoms with van der Waals surface area (Å²) in [6, 6.07) is 19.5. The molecule has 2 aliphatic heterocycles. The van der Waals surface area contributed by atoms with Crippen LogP contribution in [0.5, 0.6) is 0 Å². The summed E-state index contributed by atoms with van der Waals surface area (Å²) >= 11 is 0. The van der Waals surface area contributed by atoms with Gasteiger partial charge in [-0.25, -0.2) is 9.59 Å². The number of carbonyl (C=O) groups is 3. The molecule has 0 spiro atoms. The van der Waals surface area contributed by atoms with Gasteiger partial charge >= 0.3 is 11.9 Å². The quantitative estimate of drug-likeness (QED) is 0.521. The van der Waals surface area contributed by atoms with E-state index in [1.54, 1.807) is 0 Å². The third-order valence-electron chi connectivity index (χ3n) is 6.65. The van der Waals surface area contributed by atoms with Crippen LogP contribution in [0.2, 0.25) is 0 Å². The number of carboxylic acids is 2. The molecule has 0 aliphatic carbocycles. The first-order valence-electron chi connectivity index (χ1n) is 11.7. The zero-order valence-electron chi connectivity index (χ0n) is 20.0. The van der Waals surface area contributed by atoms with Gasteiger partial charge < -0.3 is 10.2 Å². The average Bonchev–Trinajstić information content (AvgIpc) is 3.09. The van der Waals surface area contributed by atoms with Crippen LogP contribution < -0.4 is 0 Å². The number of aliphatic carboxylic acids is 2. The average molecular weight is 475 g/mol. The van der Waals surface area contributed by atoms with Crippen molar-refractivity contribution in [3.63, 3.8) is 0 Å². The van der Waals surface area contributed by atoms with Gasteiger partial charge in [0.25, 0.3) is 0 Å². The number of para-hydroxylation sites is 1. The van der Waals surface area contributed by atoms with Gasteiger partial charge in [0.15, 0.2) is 0 Å². The Hall–Kier alpha value is -3.71. The molecule has 3 heterocycles. The molecule has 7 heteroatoms. The maximum Gasteiger partial charge on any atom is 0.328 e. The van der Waals surface area contributed by atoms with Crippen LogP contribution in [-0.2, 0) is 22.6 Å². The molecule has 0 fully saturated rings. The van der Waals surface area contributed by atoms with Crippen LogP contribution in [0.15, 0.2) is 66.7 Å². The second kappa shape index (κ2) is 9.88. The summed E-state index contributed by atoms with van der Waals surface area (Å²) in [5.74, 6) is -2.26. The van der Waals surface area contributed by atoms with Crippen molar-refractivity contribution < 1.29 is 24.6 Å². The number of carboxylic acid groups (broad SMARTS) is 2. The Bertz CT molecular complexity index is 1270. The molecule has 182 valence electrons. The van der Waals surface area contributed by atoms with Gasteiger partial charge in [-0.1, -0.05) is 62.4 Å². The van der Waals surface area contributed by atoms with Crippen molar-refractivity contribution in [2.24, 2.45) is 5.41 Å². The summed E-state index contributed by atoms with van der Waals surface area (Å²) in [6.45, 7) is 6.48. The first kappa shape index (κ1) is 24.4. The lowest BCUT2D eigenvalue weighted by Crippen LogP contribution is -2.37. The number of carbonyl (C=O) groups excluding carboxylic acids is 1. The Morgan fingerprint density at radius 3 is 2.29 bits per heavy atom. The minimum absolute atomic E-state index is 0.00538. The van der Waals surface area contributed by atoms with Gasteiger partial charge in [-0.3, -0.25) is 14.3 Å². The Labute approximate surface area is 204 Å². The van der Waals surface area contributed by atoms with Gasteiger partial charge in [0, 0.05) is 42.7 Å². The molecule has 1 unspecified atom stereocenters. The molecule has 2 N–H and O–H groups in total. The van der Waals surface area contributed by atoms with Crippen molar-refractivity contribution in [3.05, 3.63) is 83.6 Å². The van der Waals surface area contributed by atoms with Crippen molar-refractivity contribution in [2.45, 2.75) is 45.7 Å². The van der Waals surface area contributed by atoms with E-state index in [9.17, 15) is 14.4 Å². The summed E-state index contributed by atoms with van der Waals surface area (Å²) in [5.41, 5.74) is 5.10. The predicted octanol–water partition coefficient (Wildman–Crippen LogP) is 4.91. The van der Waals surface area contributed by atoms with E-state index in [-0.39, 0.29) is 11.3 Å². The van der Waals surface area contributed by atoms with E-state index >= 15 is 0 Å². The van der Waals surface area contributed by atoms with Crippen molar-refractivity contribution >= 4 is 28.7 Å². The lowest BCUT2D eigenvalue weighted by molar-refractivity contribution is -0.134. The SMILES string of the molecule is CC1(C)CC(=O)n2c3c(c4ccccc42)CCN(Cc2ccccc2)C3C1.O=C(O)/C=C/C(=O)O. The van der Waals surface area contributed by atoms with Gasteiger partial charge in [0.2, 0.25) is 5.91 Å². The normalized spacial score (nSPS) is 19.0. The van der Waals surface area contributed by atoms with E-state index in [1.165, 1.54) is 22.2 Å². The van der Waals surface area contributed by atoms with Crippen molar-refractivity contribution in [1.29, 1.82) is 0 Å². The highest BCUT2D eigenvalue weighted by Gasteiger charge is 2.41. The summed E-state index contributed by atoms with van der Waals surface area (Å²) < 4.78 is 2.06. The third kappa shape index (κ3) is 5.35. The molecule has 0 radical (unpaired) electrons. The first-order chi connectivity index (χ1) is 16.7. The summed E-state index contributed by atoms with van der Waals surface area (Å²) in [5, 5.41) is 16.9. The van der Waals surface area contributed by atoms with Crippen LogP contribution in [-0.4, -0.2) is 44.1 Å². The fourth-order valence-electron chi connectivity index (χ4n) is 5.25. The van der Waals surface area contributed by atoms with E-state index in [4.69, 9.17) is 10.2 Å². The van der Waals surface area contributed by atoms with E-state index in [0.29, 0.717) is 24.6 Å². The summed E-state index contributed by atoms with van der Waals surface area (Å²) in [7, 11) is 0. The maximum atomic E-state index is 13.2. The highest BCUT2D eigenvalue weighted by atomic mass is 16.4. The smallest absolute Gasteiger partial charge is 0.328 e. The number of aromatic nitrogens is 1. The minimum atomic E-state index is -1.26. The maximum absolute atomic E-state index is 13.2. The molecule has 7 nitrogen and oxygen atoms in total. The summed E-state index contributed by atoms with van der Waals surface area (Å²) in [6.07, 6.45) is 3.76. The highest BCUT2D eigenvalue weighted by molar-refractivity contribution is 5.97. The molecule has 3 aromatic rings. The highest BCUT2D eigenvalue weighted by Crippen LogP contribution is 2.46. The molecule has 2 aliphatic rings. The molecule has 0 saturated heterocycles. The largest absolute Gasteiger partial charge is 0.478 e. The zero-order chi connectivity index (χ0) is 25.2. The van der Waals surface area contributed by atoms with Crippen molar-refractivity contribution in [2.75, 3.05) is 6.54 Å². The van der Waals surface area contributed by atoms with Gasteiger partial charge in [-0.15, -0.1) is 0 Å². The first-order valence-corrected chi connectivity index (χ1v) is 11.7. The van der Waals surface area contributed by atoms with E-state index in [2.05, 4.69) is 77.9 Å². The van der Waals surface area contributed by atoms with Crippen molar-refractivity contribution in [3.8, 4) is 0 Å². The van der Waals surface area contributed by atoms with Crippen LogP contribution in [0, 0.1) is 5.41 Å². The monoisotopic (exact) mass is 474 g/mol. The number of nitrogens with zero attached hydrogens (tertiary/aromatic N) is 2. The van der Waals surface area contributed by atoms with Crippen molar-refractivity contribution in [1.82, 2.24) is 9.47 Å². The molecule has 0 amide bonds. The molecule has 5 rings (SSSR count). The topological polar surface area (TPSA) is 99.8 Å². The van der Waals surface area contributed by atoms with Gasteiger partial charge in [0.05, 0.1) is 11.6 Å². The molecule has 1 atom stereocenters. The van der Waals surface area contributed by atoms with Crippen LogP contribution in [0.25, 0.3) is 10.9 Å². The van der Waals surface area contributed by atoms with E-state index < -0.39 is 11.9 Å². The second-order valence-corrected chi connectivity index (χ2v) is 9.89. The molecule has 35 heavy (non-hydrogen) atoms. The van der Waals surface area contributed by atoms with Gasteiger partial charge in [-0.05, 0) is 35.4 Å². The number of fused-ring (bicyclic) bond motifs is 3. The Morgan fingerprint density at radius 2 is 1.63 bits per heavy atom. The van der Waals surface area contributed by atoms with E-state index in [0.717, 1.165) is 31.4 Å². The summed E-state index contributed by atoms with van der Waals surface area (Å²) in [4.78, 5) is 34.9. The number of rotatable bonds is 4. The van der Waals surface area contributed by atoms with Gasteiger partial charge in [0.1, 0.15) is 0 Å². The molecular formula is C28H30N2O5. The van der Waals surface area contributed by atoms with Crippen LogP contribution in [0.4, 0.5) is 0 Å². The zero-order valence-corrected chi connectivity index (χ0v) is 20.0. The Balaban J connectivity index is 0.000000314. The lowest BCUT2D eigenvalue weighted by atomic mass is 9.80. The Kier molecular flexibility index (Phi) is 6.89. The third-order valence-corrected chi connectivity index (χ3v) is 6.65. The fraction of sp³-hybridized carbons (Fsp3) is 0.321. The van der Waals surface area contributed by atoms with Gasteiger partial charge in [-0.2, -0.15) is 0 Å². The number of benzene rings is 2. The molecule has 0 bridgehead atoms. The standard InChI is InChI=1S/C24H26N2O.C4H4O4/c1-24(2)14-21-23-19(12-13-25(21)16-17-8-4-3-5-9-17)18-10-6-7-11-20(18)26(23)22(27)15-24;5-3(6)1-2-4(7)8/h3-11,21H,12-16H2,1-2H3;1-2H,(H,5,6)(H,7,8)/b;2-1+. The molecule has 1 aromatic heterocycles. The van der Waals surface area contributed by atoms with Crippen LogP contribution in [0.3, 0.4) is 0 Å².